The molecule has 0 unspecified atom stereocenters. The summed E-state index contributed by atoms with van der Waals surface area (Å²) in [5.74, 6) is -0.0514. The average molecular weight is 353 g/mol. The van der Waals surface area contributed by atoms with E-state index in [1.54, 1.807) is 12.1 Å². The molecule has 0 fully saturated rings. The van der Waals surface area contributed by atoms with Gasteiger partial charge in [-0.05, 0) is 29.8 Å². The number of oxazole rings is 1. The van der Waals surface area contributed by atoms with E-state index in [4.69, 9.17) is 9.25 Å². The van der Waals surface area contributed by atoms with E-state index in [-0.39, 0.29) is 17.8 Å². The van der Waals surface area contributed by atoms with E-state index in [0.717, 1.165) is 16.7 Å². The molecule has 0 spiro atoms. The minimum Gasteiger partial charge on any atom is -0.441 e. The van der Waals surface area contributed by atoms with Crippen LogP contribution in [0.2, 0.25) is 0 Å². The Labute approximate surface area is 148 Å². The third-order valence-electron chi connectivity index (χ3n) is 4.10. The number of oxime groups is 1. The number of benzene rings is 2. The largest absolute Gasteiger partial charge is 0.441 e. The van der Waals surface area contributed by atoms with Crippen LogP contribution in [0.3, 0.4) is 0 Å². The number of fused-ring (bicyclic) bond motifs is 1. The van der Waals surface area contributed by atoms with Crippen LogP contribution in [0.25, 0.3) is 11.1 Å². The van der Waals surface area contributed by atoms with Gasteiger partial charge in [0.2, 0.25) is 0 Å². The monoisotopic (exact) mass is 353 g/mol. The molecule has 1 amide bonds. The molecule has 2 heterocycles. The summed E-state index contributed by atoms with van der Waals surface area (Å²) in [5, 5.41) is 6.62. The van der Waals surface area contributed by atoms with Crippen LogP contribution in [-0.4, -0.2) is 22.7 Å². The lowest BCUT2D eigenvalue weighted by molar-refractivity contribution is -0.115. The maximum absolute atomic E-state index is 12.9. The van der Waals surface area contributed by atoms with Crippen LogP contribution in [0.4, 0.5) is 4.39 Å². The van der Waals surface area contributed by atoms with E-state index in [0.29, 0.717) is 31.0 Å². The number of para-hydroxylation sites is 2. The van der Waals surface area contributed by atoms with Crippen LogP contribution >= 0.6 is 0 Å². The van der Waals surface area contributed by atoms with Crippen LogP contribution in [-0.2, 0) is 22.6 Å². The molecule has 1 aliphatic heterocycles. The van der Waals surface area contributed by atoms with Crippen molar-refractivity contribution in [2.45, 2.75) is 25.5 Å². The first-order chi connectivity index (χ1) is 12.7. The van der Waals surface area contributed by atoms with Gasteiger partial charge in [-0.1, -0.05) is 29.4 Å². The highest BCUT2D eigenvalue weighted by Crippen LogP contribution is 2.20. The highest BCUT2D eigenvalue weighted by Gasteiger charge is 2.27. The van der Waals surface area contributed by atoms with Gasteiger partial charge in [-0.3, -0.25) is 4.79 Å². The first kappa shape index (κ1) is 16.3. The van der Waals surface area contributed by atoms with E-state index in [2.05, 4.69) is 15.5 Å². The lowest BCUT2D eigenvalue weighted by Crippen LogP contribution is -2.30. The molecule has 0 bridgehead atoms. The van der Waals surface area contributed by atoms with E-state index in [1.165, 1.54) is 12.1 Å². The predicted molar refractivity (Wildman–Crippen MR) is 92.9 cm³/mol. The van der Waals surface area contributed by atoms with Gasteiger partial charge in [0.1, 0.15) is 23.1 Å². The van der Waals surface area contributed by atoms with Gasteiger partial charge in [0.15, 0.2) is 11.5 Å². The number of hydrogen-bond acceptors (Lipinski definition) is 5. The Bertz CT molecular complexity index is 933. The Balaban J connectivity index is 1.31. The van der Waals surface area contributed by atoms with E-state index in [9.17, 15) is 9.18 Å². The van der Waals surface area contributed by atoms with E-state index >= 15 is 0 Å². The minimum absolute atomic E-state index is 0.283. The number of rotatable bonds is 5. The molecule has 6 nitrogen and oxygen atoms in total. The quantitative estimate of drug-likeness (QED) is 0.765. The lowest BCUT2D eigenvalue weighted by Gasteiger charge is -2.05. The zero-order valence-corrected chi connectivity index (χ0v) is 13.8. The first-order valence-corrected chi connectivity index (χ1v) is 8.27. The Morgan fingerprint density at radius 1 is 1.19 bits per heavy atom. The van der Waals surface area contributed by atoms with Crippen molar-refractivity contribution < 1.29 is 18.4 Å². The molecule has 0 radical (unpaired) electrons. The average Bonchev–Trinajstić information content (AvgIpc) is 3.27. The lowest BCUT2D eigenvalue weighted by atomic mass is 10.1. The molecular formula is C19H16FN3O3. The second-order valence-electron chi connectivity index (χ2n) is 6.06. The molecule has 3 aromatic rings. The van der Waals surface area contributed by atoms with Crippen LogP contribution in [0.15, 0.2) is 58.1 Å². The second-order valence-corrected chi connectivity index (χ2v) is 6.06. The van der Waals surface area contributed by atoms with Crippen LogP contribution in [0.5, 0.6) is 0 Å². The van der Waals surface area contributed by atoms with Gasteiger partial charge in [0.05, 0.1) is 6.42 Å². The summed E-state index contributed by atoms with van der Waals surface area (Å²) in [7, 11) is 0. The number of nitrogens with zero attached hydrogens (tertiary/aromatic N) is 2. The van der Waals surface area contributed by atoms with Crippen molar-refractivity contribution in [3.8, 4) is 0 Å². The third-order valence-corrected chi connectivity index (χ3v) is 4.10. The van der Waals surface area contributed by atoms with Gasteiger partial charge in [-0.25, -0.2) is 9.37 Å². The Kier molecular flexibility index (Phi) is 4.35. The fourth-order valence-corrected chi connectivity index (χ4v) is 2.76. The predicted octanol–water partition coefficient (Wildman–Crippen LogP) is 2.97. The number of aromatic nitrogens is 1. The number of amides is 1. The third kappa shape index (κ3) is 3.56. The first-order valence-electron chi connectivity index (χ1n) is 8.27. The molecule has 1 aliphatic rings. The number of carbonyl (C=O) groups is 1. The minimum atomic E-state index is -0.310. The smallest absolute Gasteiger partial charge is 0.269 e. The Hall–Kier alpha value is -3.22. The molecule has 0 saturated carbocycles. The number of carbonyl (C=O) groups excluding carboxylic acids is 1. The van der Waals surface area contributed by atoms with E-state index < -0.39 is 0 Å². The molecule has 26 heavy (non-hydrogen) atoms. The fraction of sp³-hybridized carbons (Fsp3) is 0.211. The van der Waals surface area contributed by atoms with Gasteiger partial charge in [-0.15, -0.1) is 0 Å². The summed E-state index contributed by atoms with van der Waals surface area (Å²) < 4.78 is 18.6. The molecule has 132 valence electrons. The summed E-state index contributed by atoms with van der Waals surface area (Å²) in [6.45, 7) is 0.300. The number of nitrogens with one attached hydrogen (secondary N) is 1. The van der Waals surface area contributed by atoms with Gasteiger partial charge in [0, 0.05) is 13.0 Å². The summed E-state index contributed by atoms with van der Waals surface area (Å²) in [6.07, 6.45) is 0.538. The summed E-state index contributed by atoms with van der Waals surface area (Å²) in [5.41, 5.74) is 2.65. The fourth-order valence-electron chi connectivity index (χ4n) is 2.76. The van der Waals surface area contributed by atoms with Gasteiger partial charge in [0.25, 0.3) is 5.91 Å². The van der Waals surface area contributed by atoms with Crippen molar-refractivity contribution in [1.82, 2.24) is 10.3 Å². The van der Waals surface area contributed by atoms with Gasteiger partial charge in [-0.2, -0.15) is 0 Å². The second kappa shape index (κ2) is 6.95. The van der Waals surface area contributed by atoms with Crippen molar-refractivity contribution in [1.29, 1.82) is 0 Å². The molecule has 1 aromatic heterocycles. The molecule has 4 rings (SSSR count). The summed E-state index contributed by atoms with van der Waals surface area (Å²) >= 11 is 0. The van der Waals surface area contributed by atoms with E-state index in [1.807, 2.05) is 24.3 Å². The maximum Gasteiger partial charge on any atom is 0.269 e. The normalized spacial score (nSPS) is 16.3. The zero-order chi connectivity index (χ0) is 17.9. The Morgan fingerprint density at radius 2 is 2.00 bits per heavy atom. The molecule has 0 aliphatic carbocycles. The van der Waals surface area contributed by atoms with Crippen LogP contribution < -0.4 is 5.32 Å². The zero-order valence-electron chi connectivity index (χ0n) is 13.8. The standard InChI is InChI=1S/C19H16FN3O3/c20-13-7-5-12(6-8-13)11-21-19(24)16-9-14(26-23-16)10-18-22-15-3-1-2-4-17(15)25-18/h1-8,14H,9-11H2,(H,21,24)/t14-/m1/s1. The molecule has 0 saturated heterocycles. The van der Waals surface area contributed by atoms with Crippen molar-refractivity contribution in [2.75, 3.05) is 0 Å². The van der Waals surface area contributed by atoms with Crippen molar-refractivity contribution in [3.63, 3.8) is 0 Å². The highest BCUT2D eigenvalue weighted by atomic mass is 19.1. The SMILES string of the molecule is O=C(NCc1ccc(F)cc1)C1=NO[C@@H](Cc2nc3ccccc3o2)C1. The molecule has 1 N–H and O–H groups in total. The summed E-state index contributed by atoms with van der Waals surface area (Å²) in [4.78, 5) is 21.9. The van der Waals surface area contributed by atoms with Crippen molar-refractivity contribution in [3.05, 3.63) is 65.8 Å². The Morgan fingerprint density at radius 3 is 2.81 bits per heavy atom. The molecule has 1 atom stereocenters. The highest BCUT2D eigenvalue weighted by molar-refractivity contribution is 6.39. The van der Waals surface area contributed by atoms with Gasteiger partial charge < -0.3 is 14.6 Å². The number of hydrogen-bond donors (Lipinski definition) is 1. The number of halogens is 1. The molecular weight excluding hydrogens is 337 g/mol. The van der Waals surface area contributed by atoms with Crippen molar-refractivity contribution in [2.24, 2.45) is 5.16 Å². The summed E-state index contributed by atoms with van der Waals surface area (Å²) in [6, 6.07) is 13.5. The maximum atomic E-state index is 12.9. The molecule has 2 aromatic carbocycles. The van der Waals surface area contributed by atoms with Crippen LogP contribution in [0.1, 0.15) is 17.9 Å². The topological polar surface area (TPSA) is 76.7 Å². The molecule has 7 heteroatoms. The van der Waals surface area contributed by atoms with Gasteiger partial charge >= 0.3 is 0 Å². The van der Waals surface area contributed by atoms with Crippen molar-refractivity contribution >= 4 is 22.7 Å². The van der Waals surface area contributed by atoms with Crippen LogP contribution in [0, 0.1) is 5.82 Å².